The summed E-state index contributed by atoms with van der Waals surface area (Å²) in [5.41, 5.74) is 2.97. The lowest BCUT2D eigenvalue weighted by Crippen LogP contribution is -2.15. The van der Waals surface area contributed by atoms with Crippen molar-refractivity contribution in [3.05, 3.63) is 64.3 Å². The number of rotatable bonds is 7. The molecular formula is C21H21ClN4O3S. The number of thiazole rings is 1. The highest BCUT2D eigenvalue weighted by atomic mass is 35.5. The molecule has 0 aliphatic rings. The molecule has 0 amide bonds. The second-order valence-electron chi connectivity index (χ2n) is 6.89. The highest BCUT2D eigenvalue weighted by molar-refractivity contribution is 7.22. The monoisotopic (exact) mass is 444 g/mol. The van der Waals surface area contributed by atoms with Crippen LogP contribution in [0.25, 0.3) is 10.2 Å². The number of hydrogen-bond donors (Lipinski definition) is 0. The van der Waals surface area contributed by atoms with Crippen LogP contribution in [0.5, 0.6) is 0 Å². The van der Waals surface area contributed by atoms with E-state index in [9.17, 15) is 4.79 Å². The minimum atomic E-state index is -0.425. The zero-order valence-corrected chi connectivity index (χ0v) is 18.5. The van der Waals surface area contributed by atoms with Crippen LogP contribution in [0.2, 0.25) is 5.02 Å². The molecule has 9 heteroatoms. The molecule has 3 heterocycles. The number of ether oxygens (including phenoxy) is 1. The molecule has 0 fully saturated rings. The first-order valence-electron chi connectivity index (χ1n) is 9.48. The molecule has 4 rings (SSSR count). The standard InChI is InChI=1S/C21H21ClN4O3S/c1-4-28-20(27)17-8-13(2)26(24-17)11-14-9-15(22)10-18-19(14)23-21(30-18)25(3)12-16-6-5-7-29-16/h5-10H,4,11-12H2,1-3H3. The first kappa shape index (κ1) is 20.4. The van der Waals surface area contributed by atoms with E-state index >= 15 is 0 Å². The summed E-state index contributed by atoms with van der Waals surface area (Å²) in [6.45, 7) is 5.06. The van der Waals surface area contributed by atoms with Crippen molar-refractivity contribution in [3.8, 4) is 0 Å². The molecule has 0 N–H and O–H groups in total. The zero-order valence-electron chi connectivity index (χ0n) is 16.9. The summed E-state index contributed by atoms with van der Waals surface area (Å²) in [6, 6.07) is 9.35. The van der Waals surface area contributed by atoms with Crippen LogP contribution in [0.4, 0.5) is 5.13 Å². The third kappa shape index (κ3) is 4.20. The third-order valence-electron chi connectivity index (χ3n) is 4.61. The molecule has 1 aromatic carbocycles. The second-order valence-corrected chi connectivity index (χ2v) is 8.34. The first-order chi connectivity index (χ1) is 14.4. The number of nitrogens with zero attached hydrogens (tertiary/aromatic N) is 4. The molecule has 7 nitrogen and oxygen atoms in total. The fourth-order valence-corrected chi connectivity index (χ4v) is 4.49. The number of aryl methyl sites for hydroxylation is 1. The summed E-state index contributed by atoms with van der Waals surface area (Å²) < 4.78 is 13.2. The molecule has 0 bridgehead atoms. The Morgan fingerprint density at radius 1 is 1.37 bits per heavy atom. The van der Waals surface area contributed by atoms with Gasteiger partial charge >= 0.3 is 5.97 Å². The summed E-state index contributed by atoms with van der Waals surface area (Å²) in [4.78, 5) is 18.9. The van der Waals surface area contributed by atoms with Crippen molar-refractivity contribution in [2.24, 2.45) is 0 Å². The van der Waals surface area contributed by atoms with Gasteiger partial charge in [-0.05, 0) is 44.2 Å². The maximum absolute atomic E-state index is 12.0. The van der Waals surface area contributed by atoms with Gasteiger partial charge in [0.15, 0.2) is 10.8 Å². The van der Waals surface area contributed by atoms with E-state index in [-0.39, 0.29) is 0 Å². The largest absolute Gasteiger partial charge is 0.467 e. The van der Waals surface area contributed by atoms with Crippen molar-refractivity contribution in [2.75, 3.05) is 18.6 Å². The van der Waals surface area contributed by atoms with Gasteiger partial charge < -0.3 is 14.1 Å². The number of halogens is 1. The summed E-state index contributed by atoms with van der Waals surface area (Å²) in [5, 5.41) is 5.91. The lowest BCUT2D eigenvalue weighted by atomic mass is 10.2. The van der Waals surface area contributed by atoms with Crippen LogP contribution in [0.3, 0.4) is 0 Å². The van der Waals surface area contributed by atoms with Crippen molar-refractivity contribution in [3.63, 3.8) is 0 Å². The SMILES string of the molecule is CCOC(=O)c1cc(C)n(Cc2cc(Cl)cc3sc(N(C)Cc4ccco4)nc23)n1. The lowest BCUT2D eigenvalue weighted by molar-refractivity contribution is 0.0518. The summed E-state index contributed by atoms with van der Waals surface area (Å²) in [6.07, 6.45) is 1.66. The predicted octanol–water partition coefficient (Wildman–Crippen LogP) is 4.91. The van der Waals surface area contributed by atoms with E-state index in [0.29, 0.717) is 30.4 Å². The van der Waals surface area contributed by atoms with E-state index in [4.69, 9.17) is 25.7 Å². The minimum Gasteiger partial charge on any atom is -0.467 e. The van der Waals surface area contributed by atoms with Gasteiger partial charge in [-0.1, -0.05) is 22.9 Å². The molecule has 0 spiro atoms. The molecular weight excluding hydrogens is 424 g/mol. The van der Waals surface area contributed by atoms with Crippen molar-refractivity contribution >= 4 is 44.3 Å². The molecule has 30 heavy (non-hydrogen) atoms. The van der Waals surface area contributed by atoms with Gasteiger partial charge in [-0.2, -0.15) is 5.10 Å². The van der Waals surface area contributed by atoms with Gasteiger partial charge in [-0.25, -0.2) is 9.78 Å². The number of carbonyl (C=O) groups is 1. The van der Waals surface area contributed by atoms with Crippen LogP contribution >= 0.6 is 22.9 Å². The van der Waals surface area contributed by atoms with Crippen LogP contribution in [0.15, 0.2) is 41.0 Å². The van der Waals surface area contributed by atoms with Gasteiger partial charge in [0.1, 0.15) is 5.76 Å². The van der Waals surface area contributed by atoms with Gasteiger partial charge in [-0.15, -0.1) is 0 Å². The molecule has 3 aromatic heterocycles. The summed E-state index contributed by atoms with van der Waals surface area (Å²) in [5.74, 6) is 0.444. The van der Waals surface area contributed by atoms with Crippen molar-refractivity contribution in [2.45, 2.75) is 26.9 Å². The highest BCUT2D eigenvalue weighted by Crippen LogP contribution is 2.34. The van der Waals surface area contributed by atoms with Crippen LogP contribution in [0.1, 0.15) is 34.4 Å². The third-order valence-corrected chi connectivity index (χ3v) is 5.95. The van der Waals surface area contributed by atoms with Crippen LogP contribution in [-0.4, -0.2) is 34.4 Å². The Hall–Kier alpha value is -2.84. The number of esters is 1. The van der Waals surface area contributed by atoms with Crippen LogP contribution in [-0.2, 0) is 17.8 Å². The minimum absolute atomic E-state index is 0.296. The van der Waals surface area contributed by atoms with E-state index in [0.717, 1.165) is 32.4 Å². The van der Waals surface area contributed by atoms with Gasteiger partial charge in [0.05, 0.1) is 36.2 Å². The molecule has 0 atom stereocenters. The molecule has 0 saturated heterocycles. The van der Waals surface area contributed by atoms with Crippen molar-refractivity contribution < 1.29 is 13.9 Å². The van der Waals surface area contributed by atoms with E-state index in [1.165, 1.54) is 0 Å². The van der Waals surface area contributed by atoms with E-state index in [1.54, 1.807) is 35.3 Å². The molecule has 4 aromatic rings. The molecule has 0 saturated carbocycles. The fraction of sp³-hybridized carbons (Fsp3) is 0.286. The Balaban J connectivity index is 1.64. The van der Waals surface area contributed by atoms with Crippen LogP contribution < -0.4 is 4.90 Å². The molecule has 0 radical (unpaired) electrons. The Bertz CT molecular complexity index is 1180. The zero-order chi connectivity index (χ0) is 21.3. The highest BCUT2D eigenvalue weighted by Gasteiger charge is 2.17. The second kappa shape index (κ2) is 8.49. The predicted molar refractivity (Wildman–Crippen MR) is 117 cm³/mol. The number of anilines is 1. The van der Waals surface area contributed by atoms with E-state index in [1.807, 2.05) is 43.1 Å². The summed E-state index contributed by atoms with van der Waals surface area (Å²) >= 11 is 7.95. The number of aromatic nitrogens is 3. The Kier molecular flexibility index (Phi) is 5.78. The number of carbonyl (C=O) groups excluding carboxylic acids is 1. The lowest BCUT2D eigenvalue weighted by Gasteiger charge is -2.13. The number of hydrogen-bond acceptors (Lipinski definition) is 7. The molecule has 0 aliphatic heterocycles. The van der Waals surface area contributed by atoms with Crippen LogP contribution in [0, 0.1) is 6.92 Å². The van der Waals surface area contributed by atoms with E-state index in [2.05, 4.69) is 5.10 Å². The number of benzene rings is 1. The van der Waals surface area contributed by atoms with Gasteiger partial charge in [0.25, 0.3) is 0 Å². The average molecular weight is 445 g/mol. The van der Waals surface area contributed by atoms with E-state index < -0.39 is 5.97 Å². The normalized spacial score (nSPS) is 11.2. The fourth-order valence-electron chi connectivity index (χ4n) is 3.17. The van der Waals surface area contributed by atoms with Gasteiger partial charge in [0.2, 0.25) is 0 Å². The molecule has 156 valence electrons. The van der Waals surface area contributed by atoms with Gasteiger partial charge in [-0.3, -0.25) is 4.68 Å². The Labute approximate surface area is 182 Å². The van der Waals surface area contributed by atoms with Crippen molar-refractivity contribution in [1.29, 1.82) is 0 Å². The Morgan fingerprint density at radius 2 is 2.20 bits per heavy atom. The number of furan rings is 1. The topological polar surface area (TPSA) is 73.4 Å². The average Bonchev–Trinajstić information content (AvgIpc) is 3.42. The van der Waals surface area contributed by atoms with Gasteiger partial charge in [0, 0.05) is 23.3 Å². The maximum Gasteiger partial charge on any atom is 0.358 e. The summed E-state index contributed by atoms with van der Waals surface area (Å²) in [7, 11) is 1.98. The smallest absolute Gasteiger partial charge is 0.358 e. The maximum atomic E-state index is 12.0. The van der Waals surface area contributed by atoms with Crippen molar-refractivity contribution in [1.82, 2.24) is 14.8 Å². The Morgan fingerprint density at radius 3 is 2.93 bits per heavy atom. The molecule has 0 unspecified atom stereocenters. The molecule has 0 aliphatic carbocycles. The number of fused-ring (bicyclic) bond motifs is 1. The quantitative estimate of drug-likeness (QED) is 0.377. The first-order valence-corrected chi connectivity index (χ1v) is 10.7.